The molecule has 0 spiro atoms. The van der Waals surface area contributed by atoms with Gasteiger partial charge in [-0.05, 0) is 18.2 Å². The Balaban J connectivity index is 2.69. The molecule has 2 rings (SSSR count). The molecule has 2 aromatic rings. The van der Waals surface area contributed by atoms with Crippen molar-refractivity contribution in [2.45, 2.75) is 0 Å². The van der Waals surface area contributed by atoms with Crippen molar-refractivity contribution in [3.8, 4) is 23.8 Å². The van der Waals surface area contributed by atoms with Crippen LogP contribution in [0.3, 0.4) is 0 Å². The molecule has 0 atom stereocenters. The van der Waals surface area contributed by atoms with Gasteiger partial charge in [0.25, 0.3) is 0 Å². The molecule has 1 aromatic carbocycles. The van der Waals surface area contributed by atoms with Gasteiger partial charge in [-0.3, -0.25) is 0 Å². The Morgan fingerprint density at radius 1 is 1.12 bits per heavy atom. The van der Waals surface area contributed by atoms with Gasteiger partial charge < -0.3 is 9.47 Å². The Labute approximate surface area is 94.0 Å². The number of aromatic nitrogens is 1. The quantitative estimate of drug-likeness (QED) is 0.717. The van der Waals surface area contributed by atoms with E-state index in [1.165, 1.54) is 0 Å². The molecule has 3 heteroatoms. The number of hydrogen-bond donors (Lipinski definition) is 0. The van der Waals surface area contributed by atoms with Gasteiger partial charge in [0.2, 0.25) is 0 Å². The van der Waals surface area contributed by atoms with Gasteiger partial charge in [0.1, 0.15) is 5.69 Å². The standard InChI is InChI=1S/C13H11NO2/c1-4-10-6-5-9-7-12(15-2)13(16-3)8-11(9)14-10/h1,5-8H,2-3H3. The molecule has 0 radical (unpaired) electrons. The third-order valence-electron chi connectivity index (χ3n) is 2.34. The highest BCUT2D eigenvalue weighted by atomic mass is 16.5. The molecule has 1 aromatic heterocycles. The molecular formula is C13H11NO2. The molecular weight excluding hydrogens is 202 g/mol. The zero-order valence-corrected chi connectivity index (χ0v) is 9.15. The Morgan fingerprint density at radius 3 is 2.44 bits per heavy atom. The summed E-state index contributed by atoms with van der Waals surface area (Å²) in [6, 6.07) is 7.41. The highest BCUT2D eigenvalue weighted by molar-refractivity contribution is 5.83. The largest absolute Gasteiger partial charge is 0.493 e. The smallest absolute Gasteiger partial charge is 0.162 e. The number of hydrogen-bond acceptors (Lipinski definition) is 3. The van der Waals surface area contributed by atoms with Gasteiger partial charge in [-0.25, -0.2) is 4.98 Å². The van der Waals surface area contributed by atoms with Gasteiger partial charge in [-0.15, -0.1) is 6.42 Å². The summed E-state index contributed by atoms with van der Waals surface area (Å²) in [5.74, 6) is 3.84. The molecule has 0 bridgehead atoms. The zero-order chi connectivity index (χ0) is 11.5. The zero-order valence-electron chi connectivity index (χ0n) is 9.15. The van der Waals surface area contributed by atoms with Crippen LogP contribution in [0.2, 0.25) is 0 Å². The first-order chi connectivity index (χ1) is 7.78. The van der Waals surface area contributed by atoms with E-state index in [4.69, 9.17) is 15.9 Å². The van der Waals surface area contributed by atoms with E-state index in [9.17, 15) is 0 Å². The SMILES string of the molecule is C#Cc1ccc2cc(OC)c(OC)cc2n1. The number of benzene rings is 1. The number of rotatable bonds is 2. The van der Waals surface area contributed by atoms with Crippen molar-refractivity contribution in [1.29, 1.82) is 0 Å². The van der Waals surface area contributed by atoms with Gasteiger partial charge in [-0.1, -0.05) is 5.92 Å². The second-order valence-corrected chi connectivity index (χ2v) is 3.24. The van der Waals surface area contributed by atoms with E-state index in [-0.39, 0.29) is 0 Å². The molecule has 0 amide bonds. The molecule has 0 saturated carbocycles. The van der Waals surface area contributed by atoms with Crippen molar-refractivity contribution >= 4 is 10.9 Å². The van der Waals surface area contributed by atoms with Crippen molar-refractivity contribution in [1.82, 2.24) is 4.98 Å². The van der Waals surface area contributed by atoms with Gasteiger partial charge in [-0.2, -0.15) is 0 Å². The summed E-state index contributed by atoms with van der Waals surface area (Å²) in [5.41, 5.74) is 1.41. The summed E-state index contributed by atoms with van der Waals surface area (Å²) in [5, 5.41) is 0.969. The number of methoxy groups -OCH3 is 2. The molecule has 0 unspecified atom stereocenters. The summed E-state index contributed by atoms with van der Waals surface area (Å²) in [7, 11) is 3.20. The number of fused-ring (bicyclic) bond motifs is 1. The van der Waals surface area contributed by atoms with Crippen LogP contribution in [0.25, 0.3) is 10.9 Å². The van der Waals surface area contributed by atoms with E-state index < -0.39 is 0 Å². The maximum Gasteiger partial charge on any atom is 0.162 e. The predicted molar refractivity (Wildman–Crippen MR) is 62.8 cm³/mol. The second-order valence-electron chi connectivity index (χ2n) is 3.24. The van der Waals surface area contributed by atoms with Crippen LogP contribution in [0.4, 0.5) is 0 Å². The van der Waals surface area contributed by atoms with Crippen molar-refractivity contribution in [2.24, 2.45) is 0 Å². The van der Waals surface area contributed by atoms with E-state index in [0.29, 0.717) is 17.2 Å². The monoisotopic (exact) mass is 213 g/mol. The average Bonchev–Trinajstić information content (AvgIpc) is 2.36. The summed E-state index contributed by atoms with van der Waals surface area (Å²) < 4.78 is 10.4. The highest BCUT2D eigenvalue weighted by Gasteiger charge is 2.06. The molecule has 0 aliphatic rings. The fourth-order valence-electron chi connectivity index (χ4n) is 1.53. The number of ether oxygens (including phenoxy) is 2. The van der Waals surface area contributed by atoms with E-state index in [2.05, 4.69) is 10.9 Å². The van der Waals surface area contributed by atoms with Crippen LogP contribution >= 0.6 is 0 Å². The van der Waals surface area contributed by atoms with E-state index in [0.717, 1.165) is 10.9 Å². The molecule has 80 valence electrons. The minimum absolute atomic E-state index is 0.611. The molecule has 16 heavy (non-hydrogen) atoms. The third kappa shape index (κ3) is 1.66. The van der Waals surface area contributed by atoms with Crippen LogP contribution in [0.1, 0.15) is 5.69 Å². The van der Waals surface area contributed by atoms with Gasteiger partial charge in [0.15, 0.2) is 11.5 Å². The summed E-state index contributed by atoms with van der Waals surface area (Å²) in [6.07, 6.45) is 5.30. The first-order valence-electron chi connectivity index (χ1n) is 4.78. The third-order valence-corrected chi connectivity index (χ3v) is 2.34. The fourth-order valence-corrected chi connectivity index (χ4v) is 1.53. The highest BCUT2D eigenvalue weighted by Crippen LogP contribution is 2.31. The molecule has 1 heterocycles. The number of pyridine rings is 1. The Morgan fingerprint density at radius 2 is 1.81 bits per heavy atom. The Kier molecular flexibility index (Phi) is 2.65. The van der Waals surface area contributed by atoms with Crippen LogP contribution in [-0.4, -0.2) is 19.2 Å². The van der Waals surface area contributed by atoms with Crippen LogP contribution in [-0.2, 0) is 0 Å². The Bertz CT molecular complexity index is 570. The van der Waals surface area contributed by atoms with Crippen molar-refractivity contribution in [2.75, 3.05) is 14.2 Å². The van der Waals surface area contributed by atoms with Crippen LogP contribution in [0.15, 0.2) is 24.3 Å². The Hall–Kier alpha value is -2.21. The lowest BCUT2D eigenvalue weighted by Gasteiger charge is -2.08. The first kappa shape index (κ1) is 10.3. The van der Waals surface area contributed by atoms with E-state index in [1.54, 1.807) is 20.3 Å². The van der Waals surface area contributed by atoms with E-state index in [1.807, 2.05) is 18.2 Å². The minimum atomic E-state index is 0.611. The van der Waals surface area contributed by atoms with Crippen LogP contribution in [0.5, 0.6) is 11.5 Å². The molecule has 0 N–H and O–H groups in total. The lowest BCUT2D eigenvalue weighted by molar-refractivity contribution is 0.356. The van der Waals surface area contributed by atoms with Gasteiger partial charge >= 0.3 is 0 Å². The fraction of sp³-hybridized carbons (Fsp3) is 0.154. The summed E-state index contributed by atoms with van der Waals surface area (Å²) in [6.45, 7) is 0. The lowest BCUT2D eigenvalue weighted by Crippen LogP contribution is -1.92. The maximum absolute atomic E-state index is 5.30. The number of terminal acetylenes is 1. The molecule has 0 fully saturated rings. The first-order valence-corrected chi connectivity index (χ1v) is 4.78. The van der Waals surface area contributed by atoms with Crippen molar-refractivity contribution in [3.63, 3.8) is 0 Å². The van der Waals surface area contributed by atoms with Gasteiger partial charge in [0.05, 0.1) is 19.7 Å². The summed E-state index contributed by atoms with van der Waals surface area (Å²) in [4.78, 5) is 4.31. The topological polar surface area (TPSA) is 31.4 Å². The average molecular weight is 213 g/mol. The van der Waals surface area contributed by atoms with Gasteiger partial charge in [0, 0.05) is 11.5 Å². The van der Waals surface area contributed by atoms with E-state index >= 15 is 0 Å². The number of nitrogens with zero attached hydrogens (tertiary/aromatic N) is 1. The molecule has 3 nitrogen and oxygen atoms in total. The second kappa shape index (κ2) is 4.11. The molecule has 0 aliphatic heterocycles. The summed E-state index contributed by atoms with van der Waals surface area (Å²) >= 11 is 0. The van der Waals surface area contributed by atoms with Crippen molar-refractivity contribution < 1.29 is 9.47 Å². The maximum atomic E-state index is 5.30. The van der Waals surface area contributed by atoms with Crippen LogP contribution < -0.4 is 9.47 Å². The molecule has 0 aliphatic carbocycles. The minimum Gasteiger partial charge on any atom is -0.493 e. The molecule has 0 saturated heterocycles. The van der Waals surface area contributed by atoms with Crippen molar-refractivity contribution in [3.05, 3.63) is 30.0 Å². The van der Waals surface area contributed by atoms with Crippen LogP contribution in [0, 0.1) is 12.3 Å². The normalized spacial score (nSPS) is 9.81. The predicted octanol–water partition coefficient (Wildman–Crippen LogP) is 2.23. The lowest BCUT2D eigenvalue weighted by atomic mass is 10.2.